The molecule has 0 spiro atoms. The van der Waals surface area contributed by atoms with Gasteiger partial charge in [-0.25, -0.2) is 13.8 Å². The third-order valence-electron chi connectivity index (χ3n) is 3.33. The molecule has 0 bridgehead atoms. The maximum atomic E-state index is 13.9. The first-order valence-corrected chi connectivity index (χ1v) is 7.20. The highest BCUT2D eigenvalue weighted by Gasteiger charge is 2.16. The molecule has 0 aliphatic heterocycles. The van der Waals surface area contributed by atoms with E-state index in [1.807, 2.05) is 0 Å². The summed E-state index contributed by atoms with van der Waals surface area (Å²) in [6.45, 7) is 0. The van der Waals surface area contributed by atoms with Crippen LogP contribution in [-0.4, -0.2) is 9.55 Å². The van der Waals surface area contributed by atoms with Crippen molar-refractivity contribution < 1.29 is 8.78 Å². The SMILES string of the molecule is Cn1cnc2ccc(Nc3c(Cl)ccc(F)c3F)c(Cl)c2c1=O. The number of hydrogen-bond donors (Lipinski definition) is 1. The van der Waals surface area contributed by atoms with Crippen LogP contribution in [0, 0.1) is 11.6 Å². The molecule has 0 saturated heterocycles. The van der Waals surface area contributed by atoms with Crippen LogP contribution in [0.25, 0.3) is 10.9 Å². The van der Waals surface area contributed by atoms with Crippen LogP contribution in [0.1, 0.15) is 0 Å². The molecule has 118 valence electrons. The molecular weight excluding hydrogens is 347 g/mol. The van der Waals surface area contributed by atoms with Crippen molar-refractivity contribution in [3.05, 3.63) is 62.6 Å². The molecule has 1 N–H and O–H groups in total. The maximum absolute atomic E-state index is 13.9. The fraction of sp³-hybridized carbons (Fsp3) is 0.0667. The Morgan fingerprint density at radius 2 is 1.91 bits per heavy atom. The van der Waals surface area contributed by atoms with Crippen LogP contribution in [0.3, 0.4) is 0 Å². The first-order chi connectivity index (χ1) is 10.9. The number of anilines is 2. The lowest BCUT2D eigenvalue weighted by Crippen LogP contribution is -2.17. The average molecular weight is 356 g/mol. The second-order valence-electron chi connectivity index (χ2n) is 4.83. The third kappa shape index (κ3) is 2.64. The number of nitrogens with one attached hydrogen (secondary N) is 1. The number of halogens is 4. The summed E-state index contributed by atoms with van der Waals surface area (Å²) in [5.41, 5.74) is 0.00761. The molecule has 23 heavy (non-hydrogen) atoms. The summed E-state index contributed by atoms with van der Waals surface area (Å²) in [4.78, 5) is 16.3. The predicted molar refractivity (Wildman–Crippen MR) is 86.6 cm³/mol. The molecule has 0 amide bonds. The topological polar surface area (TPSA) is 46.9 Å². The molecule has 4 nitrogen and oxygen atoms in total. The number of nitrogens with zero attached hydrogens (tertiary/aromatic N) is 2. The molecule has 1 heterocycles. The van der Waals surface area contributed by atoms with Crippen LogP contribution in [-0.2, 0) is 7.05 Å². The highest BCUT2D eigenvalue weighted by atomic mass is 35.5. The van der Waals surface area contributed by atoms with Crippen LogP contribution >= 0.6 is 23.2 Å². The molecule has 3 rings (SSSR count). The van der Waals surface area contributed by atoms with Gasteiger partial charge >= 0.3 is 0 Å². The van der Waals surface area contributed by atoms with Crippen LogP contribution in [0.5, 0.6) is 0 Å². The number of aryl methyl sites for hydroxylation is 1. The standard InChI is InChI=1S/C15H9Cl2F2N3O/c1-22-6-20-9-4-5-10(12(17)11(9)15(22)23)21-14-7(16)2-3-8(18)13(14)19/h2-6,21H,1H3. The minimum atomic E-state index is -1.13. The molecule has 1 aromatic heterocycles. The van der Waals surface area contributed by atoms with E-state index in [0.29, 0.717) is 5.52 Å². The Balaban J connectivity index is 2.19. The van der Waals surface area contributed by atoms with Gasteiger partial charge in [-0.15, -0.1) is 0 Å². The van der Waals surface area contributed by atoms with Crippen LogP contribution in [0.15, 0.2) is 35.4 Å². The summed E-state index contributed by atoms with van der Waals surface area (Å²) >= 11 is 12.1. The van der Waals surface area contributed by atoms with Gasteiger partial charge in [-0.3, -0.25) is 4.79 Å². The molecule has 0 aliphatic carbocycles. The Labute approximate surface area is 139 Å². The summed E-state index contributed by atoms with van der Waals surface area (Å²) in [6, 6.07) is 5.20. The predicted octanol–water partition coefficient (Wildman–Crippen LogP) is 4.26. The van der Waals surface area contributed by atoms with Gasteiger partial charge in [-0.05, 0) is 24.3 Å². The zero-order valence-electron chi connectivity index (χ0n) is 11.7. The smallest absolute Gasteiger partial charge is 0.262 e. The van der Waals surface area contributed by atoms with Crippen LogP contribution < -0.4 is 10.9 Å². The lowest BCUT2D eigenvalue weighted by Gasteiger charge is -2.13. The van der Waals surface area contributed by atoms with Crippen molar-refractivity contribution in [3.8, 4) is 0 Å². The molecular formula is C15H9Cl2F2N3O. The van der Waals surface area contributed by atoms with Crippen molar-refractivity contribution in [2.45, 2.75) is 0 Å². The third-order valence-corrected chi connectivity index (χ3v) is 4.04. The quantitative estimate of drug-likeness (QED) is 0.698. The summed E-state index contributed by atoms with van der Waals surface area (Å²) in [6.07, 6.45) is 1.37. The number of rotatable bonds is 2. The molecule has 0 atom stereocenters. The first kappa shape index (κ1) is 15.7. The van der Waals surface area contributed by atoms with Gasteiger partial charge in [-0.1, -0.05) is 23.2 Å². The van der Waals surface area contributed by atoms with Gasteiger partial charge in [-0.2, -0.15) is 0 Å². The van der Waals surface area contributed by atoms with Gasteiger partial charge in [0.05, 0.1) is 38.7 Å². The van der Waals surface area contributed by atoms with E-state index in [0.717, 1.165) is 6.07 Å². The summed E-state index contributed by atoms with van der Waals surface area (Å²) < 4.78 is 28.5. The van der Waals surface area contributed by atoms with E-state index < -0.39 is 11.6 Å². The Hall–Kier alpha value is -2.18. The van der Waals surface area contributed by atoms with Crippen molar-refractivity contribution in [1.29, 1.82) is 0 Å². The zero-order valence-corrected chi connectivity index (χ0v) is 13.2. The second-order valence-corrected chi connectivity index (χ2v) is 5.61. The molecule has 8 heteroatoms. The van der Waals surface area contributed by atoms with Crippen molar-refractivity contribution in [2.24, 2.45) is 7.05 Å². The van der Waals surface area contributed by atoms with E-state index in [2.05, 4.69) is 10.3 Å². The number of fused-ring (bicyclic) bond motifs is 1. The van der Waals surface area contributed by atoms with E-state index in [4.69, 9.17) is 23.2 Å². The van der Waals surface area contributed by atoms with Gasteiger partial charge in [0.15, 0.2) is 11.6 Å². The average Bonchev–Trinajstić information content (AvgIpc) is 2.53. The van der Waals surface area contributed by atoms with Crippen molar-refractivity contribution >= 4 is 45.5 Å². The summed E-state index contributed by atoms with van der Waals surface area (Å²) in [7, 11) is 1.54. The summed E-state index contributed by atoms with van der Waals surface area (Å²) in [5, 5.41) is 2.85. The van der Waals surface area contributed by atoms with Crippen molar-refractivity contribution in [1.82, 2.24) is 9.55 Å². The van der Waals surface area contributed by atoms with Gasteiger partial charge < -0.3 is 9.88 Å². The lowest BCUT2D eigenvalue weighted by molar-refractivity contribution is 0.512. The van der Waals surface area contributed by atoms with Crippen molar-refractivity contribution in [3.63, 3.8) is 0 Å². The minimum Gasteiger partial charge on any atom is -0.351 e. The monoisotopic (exact) mass is 355 g/mol. The molecule has 3 aromatic rings. The Morgan fingerprint density at radius 1 is 1.17 bits per heavy atom. The second kappa shape index (κ2) is 5.79. The summed E-state index contributed by atoms with van der Waals surface area (Å²) in [5.74, 6) is -2.18. The molecule has 0 saturated carbocycles. The molecule has 0 radical (unpaired) electrons. The van der Waals surface area contributed by atoms with E-state index in [1.165, 1.54) is 30.1 Å². The number of aromatic nitrogens is 2. The number of hydrogen-bond acceptors (Lipinski definition) is 3. The normalized spacial score (nSPS) is 11.0. The van der Waals surface area contributed by atoms with Crippen molar-refractivity contribution in [2.75, 3.05) is 5.32 Å². The van der Waals surface area contributed by atoms with E-state index in [-0.39, 0.29) is 32.4 Å². The van der Waals surface area contributed by atoms with E-state index >= 15 is 0 Å². The van der Waals surface area contributed by atoms with Crippen LogP contribution in [0.2, 0.25) is 10.0 Å². The maximum Gasteiger partial charge on any atom is 0.262 e. The number of benzene rings is 2. The Morgan fingerprint density at radius 3 is 2.65 bits per heavy atom. The van der Waals surface area contributed by atoms with Gasteiger partial charge in [0.1, 0.15) is 0 Å². The molecule has 2 aromatic carbocycles. The van der Waals surface area contributed by atoms with E-state index in [1.54, 1.807) is 6.07 Å². The molecule has 0 unspecified atom stereocenters. The largest absolute Gasteiger partial charge is 0.351 e. The fourth-order valence-corrected chi connectivity index (χ4v) is 2.61. The van der Waals surface area contributed by atoms with Gasteiger partial charge in [0.2, 0.25) is 0 Å². The Bertz CT molecular complexity index is 989. The fourth-order valence-electron chi connectivity index (χ4n) is 2.13. The minimum absolute atomic E-state index is 0.0147. The Kier molecular flexibility index (Phi) is 3.95. The first-order valence-electron chi connectivity index (χ1n) is 6.44. The van der Waals surface area contributed by atoms with Gasteiger partial charge in [0, 0.05) is 7.05 Å². The van der Waals surface area contributed by atoms with E-state index in [9.17, 15) is 13.6 Å². The molecule has 0 aliphatic rings. The highest BCUT2D eigenvalue weighted by Crippen LogP contribution is 2.34. The highest BCUT2D eigenvalue weighted by molar-refractivity contribution is 6.38. The molecule has 0 fully saturated rings. The van der Waals surface area contributed by atoms with Crippen LogP contribution in [0.4, 0.5) is 20.2 Å². The van der Waals surface area contributed by atoms with Gasteiger partial charge in [0.25, 0.3) is 5.56 Å². The zero-order chi connectivity index (χ0) is 16.7. The lowest BCUT2D eigenvalue weighted by atomic mass is 10.2.